The third-order valence-corrected chi connectivity index (χ3v) is 3.90. The molecular formula is C18H16N4. The molecule has 0 bridgehead atoms. The number of anilines is 1. The van der Waals surface area contributed by atoms with Crippen molar-refractivity contribution in [3.63, 3.8) is 0 Å². The van der Waals surface area contributed by atoms with Crippen molar-refractivity contribution < 1.29 is 0 Å². The molecule has 0 fully saturated rings. The number of nitrogens with one attached hydrogen (secondary N) is 1. The molecule has 4 heteroatoms. The van der Waals surface area contributed by atoms with Crippen LogP contribution in [0.4, 0.5) is 5.69 Å². The molecule has 108 valence electrons. The summed E-state index contributed by atoms with van der Waals surface area (Å²) in [6.07, 6.45) is 9.65. The van der Waals surface area contributed by atoms with E-state index in [0.29, 0.717) is 6.54 Å². The standard InChI is InChI=1S/C18H16N4/c19-15-6-7-16(14-4-2-9-20-11-14)22(12-15)17-5-1-3-13-8-10-21-18(13)17/h1-11,21H,12,19H2. The average molecular weight is 288 g/mol. The topological polar surface area (TPSA) is 57.9 Å². The van der Waals surface area contributed by atoms with Crippen LogP contribution in [0.5, 0.6) is 0 Å². The van der Waals surface area contributed by atoms with Crippen LogP contribution in [-0.4, -0.2) is 16.5 Å². The number of fused-ring (bicyclic) bond motifs is 1. The first-order valence-corrected chi connectivity index (χ1v) is 7.23. The largest absolute Gasteiger partial charge is 0.401 e. The Morgan fingerprint density at radius 3 is 2.91 bits per heavy atom. The minimum absolute atomic E-state index is 0.666. The van der Waals surface area contributed by atoms with Crippen molar-refractivity contribution in [3.05, 3.63) is 78.4 Å². The summed E-state index contributed by atoms with van der Waals surface area (Å²) in [6, 6.07) is 12.4. The molecule has 0 saturated carbocycles. The molecule has 3 aromatic rings. The lowest BCUT2D eigenvalue weighted by molar-refractivity contribution is 1.01. The zero-order valence-electron chi connectivity index (χ0n) is 12.0. The summed E-state index contributed by atoms with van der Waals surface area (Å²) < 4.78 is 0. The van der Waals surface area contributed by atoms with Crippen molar-refractivity contribution in [1.29, 1.82) is 0 Å². The lowest BCUT2D eigenvalue weighted by atomic mass is 10.1. The van der Waals surface area contributed by atoms with E-state index < -0.39 is 0 Å². The maximum absolute atomic E-state index is 6.07. The van der Waals surface area contributed by atoms with Gasteiger partial charge in [0.2, 0.25) is 0 Å². The fourth-order valence-corrected chi connectivity index (χ4v) is 2.87. The number of allylic oxidation sites excluding steroid dienone is 2. The second-order valence-corrected chi connectivity index (χ2v) is 5.34. The first kappa shape index (κ1) is 12.7. The fraction of sp³-hybridized carbons (Fsp3) is 0.0556. The molecule has 22 heavy (non-hydrogen) atoms. The number of pyridine rings is 1. The molecule has 0 unspecified atom stereocenters. The summed E-state index contributed by atoms with van der Waals surface area (Å²) in [4.78, 5) is 9.79. The van der Waals surface area contributed by atoms with Crippen LogP contribution in [0.2, 0.25) is 0 Å². The van der Waals surface area contributed by atoms with Crippen molar-refractivity contribution >= 4 is 22.3 Å². The van der Waals surface area contributed by atoms with Crippen molar-refractivity contribution in [1.82, 2.24) is 9.97 Å². The Morgan fingerprint density at radius 1 is 1.09 bits per heavy atom. The van der Waals surface area contributed by atoms with Gasteiger partial charge >= 0.3 is 0 Å². The summed E-state index contributed by atoms with van der Waals surface area (Å²) in [6.45, 7) is 0.666. The van der Waals surface area contributed by atoms with Crippen molar-refractivity contribution in [3.8, 4) is 0 Å². The van der Waals surface area contributed by atoms with Crippen molar-refractivity contribution in [2.75, 3.05) is 11.4 Å². The highest BCUT2D eigenvalue weighted by atomic mass is 15.2. The number of hydrogen-bond acceptors (Lipinski definition) is 3. The Hall–Kier alpha value is -3.01. The van der Waals surface area contributed by atoms with Gasteiger partial charge in [-0.15, -0.1) is 0 Å². The number of nitrogens with zero attached hydrogens (tertiary/aromatic N) is 2. The van der Waals surface area contributed by atoms with Gasteiger partial charge in [0.1, 0.15) is 0 Å². The first-order chi connectivity index (χ1) is 10.8. The second kappa shape index (κ2) is 5.07. The number of H-pyrrole nitrogens is 1. The molecule has 3 heterocycles. The third kappa shape index (κ3) is 2.05. The fourth-order valence-electron chi connectivity index (χ4n) is 2.87. The molecule has 4 nitrogen and oxygen atoms in total. The van der Waals surface area contributed by atoms with E-state index in [-0.39, 0.29) is 0 Å². The smallest absolute Gasteiger partial charge is 0.0695 e. The molecule has 4 rings (SSSR count). The number of hydrogen-bond donors (Lipinski definition) is 2. The minimum Gasteiger partial charge on any atom is -0.401 e. The maximum Gasteiger partial charge on any atom is 0.0695 e. The van der Waals surface area contributed by atoms with E-state index >= 15 is 0 Å². The molecule has 3 N–H and O–H groups in total. The van der Waals surface area contributed by atoms with Gasteiger partial charge in [-0.3, -0.25) is 4.98 Å². The summed E-state index contributed by atoms with van der Waals surface area (Å²) in [7, 11) is 0. The zero-order chi connectivity index (χ0) is 14.9. The molecule has 1 aromatic carbocycles. The Balaban J connectivity index is 1.88. The van der Waals surface area contributed by atoms with E-state index in [4.69, 9.17) is 5.73 Å². The monoisotopic (exact) mass is 288 g/mol. The molecule has 1 aliphatic heterocycles. The molecular weight excluding hydrogens is 272 g/mol. The Labute approximate surface area is 128 Å². The Kier molecular flexibility index (Phi) is 2.93. The highest BCUT2D eigenvalue weighted by Crippen LogP contribution is 2.33. The van der Waals surface area contributed by atoms with Gasteiger partial charge in [0.15, 0.2) is 0 Å². The quantitative estimate of drug-likeness (QED) is 0.761. The lowest BCUT2D eigenvalue weighted by Crippen LogP contribution is -2.29. The van der Waals surface area contributed by atoms with E-state index in [1.807, 2.05) is 24.5 Å². The van der Waals surface area contributed by atoms with Gasteiger partial charge < -0.3 is 15.6 Å². The van der Waals surface area contributed by atoms with Crippen LogP contribution >= 0.6 is 0 Å². The van der Waals surface area contributed by atoms with Gasteiger partial charge in [0, 0.05) is 35.2 Å². The van der Waals surface area contributed by atoms with Gasteiger partial charge in [0.05, 0.1) is 23.4 Å². The SMILES string of the molecule is NC1=CC=C(c2cccnc2)N(c2cccc3cc[nH]c23)C1. The average Bonchev–Trinajstić information content (AvgIpc) is 3.04. The third-order valence-electron chi connectivity index (χ3n) is 3.90. The van der Waals surface area contributed by atoms with Crippen LogP contribution in [0, 0.1) is 0 Å². The normalized spacial score (nSPS) is 14.8. The van der Waals surface area contributed by atoms with Crippen LogP contribution in [0.25, 0.3) is 16.6 Å². The van der Waals surface area contributed by atoms with Gasteiger partial charge in [-0.25, -0.2) is 0 Å². The number of para-hydroxylation sites is 1. The Morgan fingerprint density at radius 2 is 2.05 bits per heavy atom. The lowest BCUT2D eigenvalue weighted by Gasteiger charge is -2.30. The Bertz CT molecular complexity index is 874. The molecule has 0 radical (unpaired) electrons. The summed E-state index contributed by atoms with van der Waals surface area (Å²) in [5.41, 5.74) is 11.3. The first-order valence-electron chi connectivity index (χ1n) is 7.23. The highest BCUT2D eigenvalue weighted by Gasteiger charge is 2.19. The maximum atomic E-state index is 6.07. The molecule has 0 saturated heterocycles. The number of aromatic amines is 1. The summed E-state index contributed by atoms with van der Waals surface area (Å²) in [5.74, 6) is 0. The van der Waals surface area contributed by atoms with E-state index in [0.717, 1.165) is 28.2 Å². The van der Waals surface area contributed by atoms with E-state index in [1.54, 1.807) is 6.20 Å². The molecule has 0 atom stereocenters. The van der Waals surface area contributed by atoms with Crippen LogP contribution < -0.4 is 10.6 Å². The molecule has 0 amide bonds. The summed E-state index contributed by atoms with van der Waals surface area (Å²) >= 11 is 0. The molecule has 2 aromatic heterocycles. The number of rotatable bonds is 2. The zero-order valence-corrected chi connectivity index (χ0v) is 12.0. The van der Waals surface area contributed by atoms with E-state index in [9.17, 15) is 0 Å². The molecule has 0 aliphatic carbocycles. The predicted molar refractivity (Wildman–Crippen MR) is 90.1 cm³/mol. The second-order valence-electron chi connectivity index (χ2n) is 5.34. The molecule has 1 aliphatic rings. The van der Waals surface area contributed by atoms with Gasteiger partial charge in [-0.05, 0) is 36.4 Å². The van der Waals surface area contributed by atoms with Crippen LogP contribution in [-0.2, 0) is 0 Å². The van der Waals surface area contributed by atoms with Crippen LogP contribution in [0.1, 0.15) is 5.56 Å². The van der Waals surface area contributed by atoms with E-state index in [1.165, 1.54) is 5.39 Å². The van der Waals surface area contributed by atoms with Gasteiger partial charge in [0.25, 0.3) is 0 Å². The summed E-state index contributed by atoms with van der Waals surface area (Å²) in [5, 5.41) is 1.19. The van der Waals surface area contributed by atoms with E-state index in [2.05, 4.69) is 51.3 Å². The number of aromatic nitrogens is 2. The van der Waals surface area contributed by atoms with Crippen molar-refractivity contribution in [2.45, 2.75) is 0 Å². The number of nitrogens with two attached hydrogens (primary N) is 1. The van der Waals surface area contributed by atoms with Gasteiger partial charge in [-0.1, -0.05) is 12.1 Å². The van der Waals surface area contributed by atoms with Crippen molar-refractivity contribution in [2.24, 2.45) is 5.73 Å². The number of benzene rings is 1. The molecule has 0 spiro atoms. The minimum atomic E-state index is 0.666. The predicted octanol–water partition coefficient (Wildman–Crippen LogP) is 3.27. The van der Waals surface area contributed by atoms with Crippen LogP contribution in [0.3, 0.4) is 0 Å². The highest BCUT2D eigenvalue weighted by molar-refractivity contribution is 5.96. The van der Waals surface area contributed by atoms with Crippen LogP contribution in [0.15, 0.2) is 72.8 Å². The van der Waals surface area contributed by atoms with Gasteiger partial charge in [-0.2, -0.15) is 0 Å².